The van der Waals surface area contributed by atoms with Gasteiger partial charge in [0.1, 0.15) is 5.60 Å². The summed E-state index contributed by atoms with van der Waals surface area (Å²) in [5.74, 6) is 0. The van der Waals surface area contributed by atoms with Crippen LogP contribution in [0, 0.1) is 16.7 Å². The van der Waals surface area contributed by atoms with E-state index in [2.05, 4.69) is 11.2 Å². The molecule has 1 saturated heterocycles. The number of ether oxygens (including phenoxy) is 1. The Balaban J connectivity index is 1.95. The predicted octanol–water partition coefficient (Wildman–Crippen LogP) is 1.72. The van der Waals surface area contributed by atoms with Crippen molar-refractivity contribution in [2.24, 2.45) is 12.5 Å². The van der Waals surface area contributed by atoms with Gasteiger partial charge >= 0.3 is 6.09 Å². The van der Waals surface area contributed by atoms with Gasteiger partial charge in [-0.2, -0.15) is 10.4 Å². The lowest BCUT2D eigenvalue weighted by molar-refractivity contribution is -0.0164. The van der Waals surface area contributed by atoms with E-state index in [9.17, 15) is 10.1 Å². The van der Waals surface area contributed by atoms with Crippen molar-refractivity contribution in [2.75, 3.05) is 13.1 Å². The summed E-state index contributed by atoms with van der Waals surface area (Å²) in [6, 6.07) is 4.22. The van der Waals surface area contributed by atoms with Gasteiger partial charge in [0.05, 0.1) is 17.2 Å². The topological polar surface area (TPSA) is 71.2 Å². The molecular formula is C14H20N4O2. The molecule has 0 unspecified atom stereocenters. The summed E-state index contributed by atoms with van der Waals surface area (Å²) in [6.07, 6.45) is 2.05. The van der Waals surface area contributed by atoms with Crippen molar-refractivity contribution < 1.29 is 9.53 Å². The molecule has 0 bridgehead atoms. The summed E-state index contributed by atoms with van der Waals surface area (Å²) in [7, 11) is 1.84. The van der Waals surface area contributed by atoms with Crippen LogP contribution < -0.4 is 0 Å². The van der Waals surface area contributed by atoms with Crippen LogP contribution >= 0.6 is 0 Å². The molecule has 0 aliphatic carbocycles. The molecule has 0 radical (unpaired) electrons. The number of carbonyl (C=O) groups is 1. The zero-order chi connectivity index (χ0) is 15.0. The Morgan fingerprint density at radius 2 is 2.20 bits per heavy atom. The number of nitrogens with zero attached hydrogens (tertiary/aromatic N) is 4. The van der Waals surface area contributed by atoms with Gasteiger partial charge in [-0.3, -0.25) is 4.68 Å². The molecule has 6 nitrogen and oxygen atoms in total. The van der Waals surface area contributed by atoms with E-state index in [0.717, 1.165) is 5.69 Å². The Bertz CT molecular complexity index is 544. The van der Waals surface area contributed by atoms with Crippen LogP contribution in [0.2, 0.25) is 0 Å². The number of amides is 1. The molecule has 1 aliphatic rings. The molecular weight excluding hydrogens is 256 g/mol. The van der Waals surface area contributed by atoms with E-state index in [1.807, 2.05) is 40.1 Å². The van der Waals surface area contributed by atoms with Crippen LogP contribution in [0.3, 0.4) is 0 Å². The molecule has 0 aromatic carbocycles. The summed E-state index contributed by atoms with van der Waals surface area (Å²) in [6.45, 7) is 6.28. The minimum atomic E-state index is -0.536. The lowest BCUT2D eigenvalue weighted by Crippen LogP contribution is -2.59. The third kappa shape index (κ3) is 3.10. The first-order valence-corrected chi connectivity index (χ1v) is 6.61. The summed E-state index contributed by atoms with van der Waals surface area (Å²) < 4.78 is 7.00. The summed E-state index contributed by atoms with van der Waals surface area (Å²) in [5, 5.41) is 13.7. The van der Waals surface area contributed by atoms with Crippen LogP contribution in [0.4, 0.5) is 4.79 Å². The Labute approximate surface area is 118 Å². The van der Waals surface area contributed by atoms with Crippen LogP contribution in [0.25, 0.3) is 0 Å². The maximum Gasteiger partial charge on any atom is 0.410 e. The molecule has 0 atom stereocenters. The highest BCUT2D eigenvalue weighted by atomic mass is 16.6. The molecule has 1 fully saturated rings. The predicted molar refractivity (Wildman–Crippen MR) is 72.8 cm³/mol. The Morgan fingerprint density at radius 1 is 1.55 bits per heavy atom. The third-order valence-corrected chi connectivity index (χ3v) is 3.16. The van der Waals surface area contributed by atoms with Crippen molar-refractivity contribution in [1.82, 2.24) is 14.7 Å². The number of hydrogen-bond donors (Lipinski definition) is 0. The fraction of sp³-hybridized carbons (Fsp3) is 0.643. The van der Waals surface area contributed by atoms with Gasteiger partial charge in [-0.05, 0) is 26.8 Å². The largest absolute Gasteiger partial charge is 0.444 e. The fourth-order valence-electron chi connectivity index (χ4n) is 2.27. The molecule has 2 heterocycles. The van der Waals surface area contributed by atoms with Crippen LogP contribution in [0.1, 0.15) is 26.5 Å². The quantitative estimate of drug-likeness (QED) is 0.824. The van der Waals surface area contributed by atoms with Gasteiger partial charge in [-0.25, -0.2) is 4.79 Å². The van der Waals surface area contributed by atoms with Crippen molar-refractivity contribution in [3.8, 4) is 6.07 Å². The Hall–Kier alpha value is -2.03. The van der Waals surface area contributed by atoms with Crippen LogP contribution in [0.15, 0.2) is 12.3 Å². The molecule has 1 aromatic heterocycles. The number of nitriles is 1. The van der Waals surface area contributed by atoms with Gasteiger partial charge in [-0.15, -0.1) is 0 Å². The zero-order valence-corrected chi connectivity index (χ0v) is 12.4. The first-order valence-electron chi connectivity index (χ1n) is 6.61. The molecule has 2 rings (SSSR count). The highest BCUT2D eigenvalue weighted by Crippen LogP contribution is 2.34. The standard InChI is InChI=1S/C14H20N4O2/c1-13(2,3)20-12(19)18-9-14(8-15,10-18)7-11-5-6-17(4)16-11/h5-6H,7,9-10H2,1-4H3. The number of aryl methyl sites for hydroxylation is 1. The molecule has 0 saturated carbocycles. The molecule has 0 N–H and O–H groups in total. The molecule has 1 aliphatic heterocycles. The number of likely N-dealkylation sites (tertiary alicyclic amines) is 1. The van der Waals surface area contributed by atoms with E-state index >= 15 is 0 Å². The maximum atomic E-state index is 11.9. The summed E-state index contributed by atoms with van der Waals surface area (Å²) >= 11 is 0. The van der Waals surface area contributed by atoms with Gasteiger partial charge in [0.25, 0.3) is 0 Å². The number of hydrogen-bond acceptors (Lipinski definition) is 4. The number of aromatic nitrogens is 2. The first-order chi connectivity index (χ1) is 9.23. The normalized spacial score (nSPS) is 17.2. The van der Waals surface area contributed by atoms with Gasteiger partial charge in [-0.1, -0.05) is 0 Å². The minimum Gasteiger partial charge on any atom is -0.444 e. The maximum absolute atomic E-state index is 11.9. The minimum absolute atomic E-state index is 0.357. The lowest BCUT2D eigenvalue weighted by atomic mass is 9.77. The fourth-order valence-corrected chi connectivity index (χ4v) is 2.27. The molecule has 1 amide bonds. The second kappa shape index (κ2) is 4.82. The second-order valence-corrected chi connectivity index (χ2v) is 6.39. The third-order valence-electron chi connectivity index (χ3n) is 3.16. The number of carbonyl (C=O) groups excluding carboxylic acids is 1. The van der Waals surface area contributed by atoms with Gasteiger partial charge in [0.2, 0.25) is 0 Å². The van der Waals surface area contributed by atoms with Crippen molar-refractivity contribution in [2.45, 2.75) is 32.8 Å². The van der Waals surface area contributed by atoms with E-state index in [-0.39, 0.29) is 6.09 Å². The monoisotopic (exact) mass is 276 g/mol. The Morgan fingerprint density at radius 3 is 2.65 bits per heavy atom. The molecule has 20 heavy (non-hydrogen) atoms. The Kier molecular flexibility index (Phi) is 3.46. The van der Waals surface area contributed by atoms with E-state index < -0.39 is 11.0 Å². The van der Waals surface area contributed by atoms with Crippen LogP contribution in [0.5, 0.6) is 0 Å². The number of rotatable bonds is 2. The highest BCUT2D eigenvalue weighted by molar-refractivity contribution is 5.69. The van der Waals surface area contributed by atoms with E-state index in [4.69, 9.17) is 4.74 Å². The van der Waals surface area contributed by atoms with Crippen molar-refractivity contribution in [3.05, 3.63) is 18.0 Å². The van der Waals surface area contributed by atoms with Crippen molar-refractivity contribution in [3.63, 3.8) is 0 Å². The SMILES string of the molecule is Cn1ccc(CC2(C#N)CN(C(=O)OC(C)(C)C)C2)n1. The summed E-state index contributed by atoms with van der Waals surface area (Å²) in [4.78, 5) is 13.4. The second-order valence-electron chi connectivity index (χ2n) is 6.39. The first kappa shape index (κ1) is 14.4. The van der Waals surface area contributed by atoms with E-state index in [0.29, 0.717) is 19.5 Å². The summed E-state index contributed by atoms with van der Waals surface area (Å²) in [5.41, 5.74) is -0.174. The van der Waals surface area contributed by atoms with Gasteiger partial charge in [0.15, 0.2) is 0 Å². The zero-order valence-electron chi connectivity index (χ0n) is 12.4. The average Bonchev–Trinajstić information content (AvgIpc) is 2.66. The van der Waals surface area contributed by atoms with E-state index in [1.54, 1.807) is 9.58 Å². The average molecular weight is 276 g/mol. The van der Waals surface area contributed by atoms with Crippen LogP contribution in [-0.2, 0) is 18.2 Å². The highest BCUT2D eigenvalue weighted by Gasteiger charge is 2.47. The molecule has 108 valence electrons. The van der Waals surface area contributed by atoms with E-state index in [1.165, 1.54) is 0 Å². The van der Waals surface area contributed by atoms with Gasteiger partial charge < -0.3 is 9.64 Å². The van der Waals surface area contributed by atoms with Gasteiger partial charge in [0, 0.05) is 32.8 Å². The lowest BCUT2D eigenvalue weighted by Gasteiger charge is -2.45. The van der Waals surface area contributed by atoms with Crippen LogP contribution in [-0.4, -0.2) is 39.5 Å². The molecule has 1 aromatic rings. The van der Waals surface area contributed by atoms with Crippen molar-refractivity contribution in [1.29, 1.82) is 5.26 Å². The van der Waals surface area contributed by atoms with Crippen molar-refractivity contribution >= 4 is 6.09 Å². The molecule has 6 heteroatoms. The molecule has 0 spiro atoms. The smallest absolute Gasteiger partial charge is 0.410 e.